The van der Waals surface area contributed by atoms with Crippen molar-refractivity contribution in [3.8, 4) is 5.75 Å². The van der Waals surface area contributed by atoms with Crippen molar-refractivity contribution in [1.82, 2.24) is 0 Å². The highest BCUT2D eigenvalue weighted by Crippen LogP contribution is 2.36. The molecule has 0 saturated heterocycles. The second-order valence-corrected chi connectivity index (χ2v) is 4.13. The molecule has 2 aromatic rings. The minimum Gasteiger partial charge on any atom is -0.508 e. The maximum absolute atomic E-state index is 10.9. The van der Waals surface area contributed by atoms with Gasteiger partial charge in [0.05, 0.1) is 5.92 Å². The summed E-state index contributed by atoms with van der Waals surface area (Å²) in [5.41, 5.74) is 1.64. The van der Waals surface area contributed by atoms with Crippen molar-refractivity contribution in [2.45, 2.75) is 12.8 Å². The summed E-state index contributed by atoms with van der Waals surface area (Å²) in [6, 6.07) is 4.90. The van der Waals surface area contributed by atoms with Crippen molar-refractivity contribution >= 4 is 16.9 Å². The molecule has 82 valence electrons. The average Bonchev–Trinajstić information content (AvgIpc) is 2.75. The average molecular weight is 218 g/mol. The number of hydrogen-bond acceptors (Lipinski definition) is 3. The zero-order chi connectivity index (χ0) is 11.3. The lowest BCUT2D eigenvalue weighted by atomic mass is 10.1. The summed E-state index contributed by atoms with van der Waals surface area (Å²) in [7, 11) is 0. The fourth-order valence-electron chi connectivity index (χ4n) is 2.29. The summed E-state index contributed by atoms with van der Waals surface area (Å²) in [6.45, 7) is 0. The van der Waals surface area contributed by atoms with Gasteiger partial charge in [-0.2, -0.15) is 0 Å². The summed E-state index contributed by atoms with van der Waals surface area (Å²) in [6.07, 6.45) is 0.932. The third kappa shape index (κ3) is 1.19. The topological polar surface area (TPSA) is 70.7 Å². The van der Waals surface area contributed by atoms with E-state index < -0.39 is 5.97 Å². The van der Waals surface area contributed by atoms with Crippen LogP contribution in [0.25, 0.3) is 11.0 Å². The van der Waals surface area contributed by atoms with Gasteiger partial charge in [-0.1, -0.05) is 0 Å². The largest absolute Gasteiger partial charge is 0.508 e. The molecule has 16 heavy (non-hydrogen) atoms. The molecule has 0 spiro atoms. The molecule has 2 N–H and O–H groups in total. The lowest BCUT2D eigenvalue weighted by Crippen LogP contribution is -2.13. The number of fused-ring (bicyclic) bond motifs is 3. The molecule has 0 fully saturated rings. The molecule has 0 radical (unpaired) electrons. The molecule has 0 aliphatic heterocycles. The minimum absolute atomic E-state index is 0.176. The van der Waals surface area contributed by atoms with Gasteiger partial charge in [0.2, 0.25) is 0 Å². The predicted octanol–water partition coefficient (Wildman–Crippen LogP) is 1.94. The van der Waals surface area contributed by atoms with Crippen LogP contribution >= 0.6 is 0 Å². The van der Waals surface area contributed by atoms with E-state index in [9.17, 15) is 9.90 Å². The van der Waals surface area contributed by atoms with Gasteiger partial charge in [0.25, 0.3) is 0 Å². The lowest BCUT2D eigenvalue weighted by molar-refractivity contribution is -0.141. The molecule has 1 aromatic heterocycles. The van der Waals surface area contributed by atoms with Crippen molar-refractivity contribution in [2.75, 3.05) is 0 Å². The zero-order valence-corrected chi connectivity index (χ0v) is 8.43. The fraction of sp³-hybridized carbons (Fsp3) is 0.250. The number of aromatic hydroxyl groups is 1. The molecular weight excluding hydrogens is 208 g/mol. The summed E-state index contributed by atoms with van der Waals surface area (Å²) in [4.78, 5) is 10.9. The molecule has 4 nitrogen and oxygen atoms in total. The Hall–Kier alpha value is -1.97. The molecule has 1 atom stereocenters. The third-order valence-corrected chi connectivity index (χ3v) is 3.09. The number of hydrogen-bond donors (Lipinski definition) is 2. The Morgan fingerprint density at radius 2 is 2.19 bits per heavy atom. The number of phenolic OH excluding ortho intramolecular Hbond substituents is 1. The first-order chi connectivity index (χ1) is 7.65. The first-order valence-corrected chi connectivity index (χ1v) is 5.11. The van der Waals surface area contributed by atoms with Gasteiger partial charge in [-0.05, 0) is 24.6 Å². The van der Waals surface area contributed by atoms with E-state index in [1.807, 2.05) is 0 Å². The monoisotopic (exact) mass is 218 g/mol. The van der Waals surface area contributed by atoms with E-state index in [1.165, 1.54) is 0 Å². The highest BCUT2D eigenvalue weighted by molar-refractivity contribution is 5.86. The second-order valence-electron chi connectivity index (χ2n) is 4.13. The minimum atomic E-state index is -0.792. The van der Waals surface area contributed by atoms with Crippen LogP contribution in [0.15, 0.2) is 22.6 Å². The number of carboxylic acid groups (broad SMARTS) is 1. The van der Waals surface area contributed by atoms with E-state index in [0.717, 1.165) is 16.7 Å². The molecule has 0 bridgehead atoms. The second kappa shape index (κ2) is 3.01. The molecule has 1 heterocycles. The van der Waals surface area contributed by atoms with Gasteiger partial charge in [-0.3, -0.25) is 4.79 Å². The highest BCUT2D eigenvalue weighted by Gasteiger charge is 2.31. The number of furan rings is 1. The lowest BCUT2D eigenvalue weighted by Gasteiger charge is -2.01. The Morgan fingerprint density at radius 3 is 2.94 bits per heavy atom. The van der Waals surface area contributed by atoms with E-state index >= 15 is 0 Å². The zero-order valence-electron chi connectivity index (χ0n) is 8.43. The standard InChI is InChI=1S/C12H10O4/c13-7-1-2-10-9(5-7)8-3-6(12(14)15)4-11(8)16-10/h1-2,5-6,13H,3-4H2,(H,14,15). The van der Waals surface area contributed by atoms with E-state index in [2.05, 4.69) is 0 Å². The maximum Gasteiger partial charge on any atom is 0.307 e. The molecule has 1 aliphatic carbocycles. The molecule has 1 unspecified atom stereocenters. The third-order valence-electron chi connectivity index (χ3n) is 3.09. The number of carboxylic acids is 1. The Labute approximate surface area is 91.1 Å². The van der Waals surface area contributed by atoms with Crippen molar-refractivity contribution in [2.24, 2.45) is 5.92 Å². The normalized spacial score (nSPS) is 18.9. The van der Waals surface area contributed by atoms with Crippen molar-refractivity contribution in [1.29, 1.82) is 0 Å². The number of phenols is 1. The summed E-state index contributed by atoms with van der Waals surface area (Å²) in [5, 5.41) is 19.2. The van der Waals surface area contributed by atoms with Crippen LogP contribution in [0.3, 0.4) is 0 Å². The fourth-order valence-corrected chi connectivity index (χ4v) is 2.29. The van der Waals surface area contributed by atoms with Gasteiger partial charge in [0.1, 0.15) is 17.1 Å². The van der Waals surface area contributed by atoms with Crippen molar-refractivity contribution < 1.29 is 19.4 Å². The smallest absolute Gasteiger partial charge is 0.307 e. The van der Waals surface area contributed by atoms with Crippen LogP contribution in [-0.4, -0.2) is 16.2 Å². The van der Waals surface area contributed by atoms with Crippen LogP contribution < -0.4 is 0 Å². The SMILES string of the molecule is O=C(O)C1Cc2oc3ccc(O)cc3c2C1. The number of benzene rings is 1. The molecule has 1 aromatic carbocycles. The Balaban J connectivity index is 2.13. The molecule has 3 rings (SSSR count). The summed E-state index contributed by atoms with van der Waals surface area (Å²) < 4.78 is 5.57. The van der Waals surface area contributed by atoms with Crippen LogP contribution in [0.2, 0.25) is 0 Å². The Morgan fingerprint density at radius 1 is 1.38 bits per heavy atom. The number of aliphatic carboxylic acids is 1. The van der Waals surface area contributed by atoms with Crippen LogP contribution in [0, 0.1) is 5.92 Å². The molecular formula is C12H10O4. The maximum atomic E-state index is 10.9. The Bertz CT molecular complexity index is 582. The van der Waals surface area contributed by atoms with Crippen LogP contribution in [0.4, 0.5) is 0 Å². The number of rotatable bonds is 1. The molecule has 0 saturated carbocycles. The van der Waals surface area contributed by atoms with E-state index in [4.69, 9.17) is 9.52 Å². The molecule has 1 aliphatic rings. The van der Waals surface area contributed by atoms with Gasteiger partial charge >= 0.3 is 5.97 Å². The summed E-state index contributed by atoms with van der Waals surface area (Å²) >= 11 is 0. The Kier molecular flexibility index (Phi) is 1.74. The van der Waals surface area contributed by atoms with Gasteiger partial charge < -0.3 is 14.6 Å². The van der Waals surface area contributed by atoms with Crippen molar-refractivity contribution in [3.63, 3.8) is 0 Å². The molecule has 4 heteroatoms. The van der Waals surface area contributed by atoms with Crippen LogP contribution in [0.5, 0.6) is 5.75 Å². The first kappa shape index (κ1) is 9.27. The van der Waals surface area contributed by atoms with Gasteiger partial charge in [-0.25, -0.2) is 0 Å². The van der Waals surface area contributed by atoms with Gasteiger partial charge in [-0.15, -0.1) is 0 Å². The highest BCUT2D eigenvalue weighted by atomic mass is 16.4. The predicted molar refractivity (Wildman–Crippen MR) is 56.4 cm³/mol. The van der Waals surface area contributed by atoms with E-state index in [1.54, 1.807) is 18.2 Å². The van der Waals surface area contributed by atoms with Gasteiger partial charge in [0.15, 0.2) is 0 Å². The van der Waals surface area contributed by atoms with Crippen molar-refractivity contribution in [3.05, 3.63) is 29.5 Å². The van der Waals surface area contributed by atoms with Crippen LogP contribution in [-0.2, 0) is 17.6 Å². The first-order valence-electron chi connectivity index (χ1n) is 5.11. The number of carbonyl (C=O) groups is 1. The van der Waals surface area contributed by atoms with E-state index in [0.29, 0.717) is 18.4 Å². The van der Waals surface area contributed by atoms with E-state index in [-0.39, 0.29) is 11.7 Å². The van der Waals surface area contributed by atoms with Crippen LogP contribution in [0.1, 0.15) is 11.3 Å². The molecule has 0 amide bonds. The van der Waals surface area contributed by atoms with Gasteiger partial charge in [0, 0.05) is 17.4 Å². The summed E-state index contributed by atoms with van der Waals surface area (Å²) in [5.74, 6) is -0.261. The quantitative estimate of drug-likeness (QED) is 0.767.